The molecule has 0 N–H and O–H groups in total. The van der Waals surface area contributed by atoms with Crippen LogP contribution in [0.25, 0.3) is 27.5 Å². The Kier molecular flexibility index (Phi) is 3.31. The number of nitriles is 2. The maximum atomic E-state index is 9.65. The number of aryl methyl sites for hydroxylation is 2. The van der Waals surface area contributed by atoms with E-state index in [1.165, 1.54) is 11.1 Å². The molecule has 0 atom stereocenters. The van der Waals surface area contributed by atoms with Crippen molar-refractivity contribution in [3.63, 3.8) is 0 Å². The molecular formula is C22H15N3. The summed E-state index contributed by atoms with van der Waals surface area (Å²) < 4.78 is 2.09. The Hall–Kier alpha value is -3.56. The highest BCUT2D eigenvalue weighted by molar-refractivity contribution is 6.09. The highest BCUT2D eigenvalue weighted by Crippen LogP contribution is 2.34. The molecular weight excluding hydrogens is 306 g/mol. The van der Waals surface area contributed by atoms with Gasteiger partial charge in [0.05, 0.1) is 27.8 Å². The van der Waals surface area contributed by atoms with Crippen LogP contribution in [0.5, 0.6) is 0 Å². The van der Waals surface area contributed by atoms with Gasteiger partial charge in [0.25, 0.3) is 0 Å². The molecule has 1 heterocycles. The Balaban J connectivity index is 2.23. The lowest BCUT2D eigenvalue weighted by molar-refractivity contribution is 1.16. The van der Waals surface area contributed by atoms with Crippen LogP contribution in [0.2, 0.25) is 0 Å². The average molecular weight is 321 g/mol. The van der Waals surface area contributed by atoms with Crippen molar-refractivity contribution in [2.75, 3.05) is 0 Å². The lowest BCUT2D eigenvalue weighted by atomic mass is 10.1. The van der Waals surface area contributed by atoms with Gasteiger partial charge in [-0.15, -0.1) is 0 Å². The number of rotatable bonds is 1. The highest BCUT2D eigenvalue weighted by Gasteiger charge is 2.16. The summed E-state index contributed by atoms with van der Waals surface area (Å²) in [6.45, 7) is 4.16. The Labute approximate surface area is 146 Å². The second-order valence-electron chi connectivity index (χ2n) is 6.30. The van der Waals surface area contributed by atoms with E-state index in [1.54, 1.807) is 6.07 Å². The normalized spacial score (nSPS) is 10.7. The molecule has 118 valence electrons. The van der Waals surface area contributed by atoms with E-state index < -0.39 is 0 Å². The molecule has 4 rings (SSSR count). The maximum absolute atomic E-state index is 9.65. The minimum atomic E-state index is 0.397. The largest absolute Gasteiger partial charge is 0.308 e. The molecule has 0 amide bonds. The van der Waals surface area contributed by atoms with E-state index in [9.17, 15) is 10.5 Å². The van der Waals surface area contributed by atoms with Crippen molar-refractivity contribution in [1.82, 2.24) is 4.57 Å². The van der Waals surface area contributed by atoms with Crippen LogP contribution in [-0.4, -0.2) is 4.57 Å². The molecule has 3 nitrogen and oxygen atoms in total. The van der Waals surface area contributed by atoms with Crippen LogP contribution < -0.4 is 0 Å². The molecule has 0 spiro atoms. The summed E-state index contributed by atoms with van der Waals surface area (Å²) in [5, 5.41) is 21.3. The lowest BCUT2D eigenvalue weighted by Gasteiger charge is -2.10. The van der Waals surface area contributed by atoms with Crippen LogP contribution in [0.4, 0.5) is 0 Å². The first-order valence-corrected chi connectivity index (χ1v) is 8.09. The van der Waals surface area contributed by atoms with Crippen molar-refractivity contribution in [2.45, 2.75) is 13.8 Å². The van der Waals surface area contributed by atoms with Crippen LogP contribution in [0.3, 0.4) is 0 Å². The Bertz CT molecular complexity index is 1170. The molecule has 0 aliphatic carbocycles. The van der Waals surface area contributed by atoms with Crippen molar-refractivity contribution in [2.24, 2.45) is 0 Å². The zero-order valence-electron chi connectivity index (χ0n) is 14.0. The van der Waals surface area contributed by atoms with Gasteiger partial charge in [0, 0.05) is 10.8 Å². The molecule has 25 heavy (non-hydrogen) atoms. The van der Waals surface area contributed by atoms with Gasteiger partial charge in [0.2, 0.25) is 0 Å². The van der Waals surface area contributed by atoms with Crippen molar-refractivity contribution in [3.8, 4) is 17.8 Å². The average Bonchev–Trinajstić information content (AvgIpc) is 2.93. The molecule has 3 aromatic carbocycles. The molecule has 0 bridgehead atoms. The van der Waals surface area contributed by atoms with E-state index >= 15 is 0 Å². The number of benzene rings is 3. The number of hydrogen-bond donors (Lipinski definition) is 0. The Morgan fingerprint density at radius 1 is 0.760 bits per heavy atom. The molecule has 0 unspecified atom stereocenters. The summed E-state index contributed by atoms with van der Waals surface area (Å²) in [4.78, 5) is 0. The standard InChI is InChI=1S/C22H15N3/c1-14-6-8-21-17(10-14)18-11-15(2)7-9-22(18)25(21)20-5-3-4-16(12-23)19(20)13-24/h3-11H,1-2H3. The molecule has 0 fully saturated rings. The van der Waals surface area contributed by atoms with Gasteiger partial charge in [-0.05, 0) is 50.2 Å². The van der Waals surface area contributed by atoms with Crippen LogP contribution in [-0.2, 0) is 0 Å². The predicted molar refractivity (Wildman–Crippen MR) is 99.7 cm³/mol. The van der Waals surface area contributed by atoms with Crippen LogP contribution in [0.1, 0.15) is 22.3 Å². The fourth-order valence-corrected chi connectivity index (χ4v) is 3.45. The summed E-state index contributed by atoms with van der Waals surface area (Å²) in [5.41, 5.74) is 6.02. The van der Waals surface area contributed by atoms with Crippen molar-refractivity contribution in [3.05, 3.63) is 76.9 Å². The first kappa shape index (κ1) is 15.0. The molecule has 3 heteroatoms. The molecule has 1 aromatic heterocycles. The van der Waals surface area contributed by atoms with E-state index in [0.717, 1.165) is 27.5 Å². The third kappa shape index (κ3) is 2.18. The van der Waals surface area contributed by atoms with E-state index in [-0.39, 0.29) is 0 Å². The second-order valence-corrected chi connectivity index (χ2v) is 6.30. The number of aromatic nitrogens is 1. The van der Waals surface area contributed by atoms with Crippen molar-refractivity contribution in [1.29, 1.82) is 10.5 Å². The highest BCUT2D eigenvalue weighted by atomic mass is 15.0. The smallest absolute Gasteiger partial charge is 0.103 e. The fourth-order valence-electron chi connectivity index (χ4n) is 3.45. The quantitative estimate of drug-likeness (QED) is 0.487. The van der Waals surface area contributed by atoms with Crippen molar-refractivity contribution >= 4 is 21.8 Å². The molecule has 0 saturated carbocycles. The zero-order valence-corrected chi connectivity index (χ0v) is 14.0. The SMILES string of the molecule is Cc1ccc2c(c1)c1cc(C)ccc1n2-c1cccc(C#N)c1C#N. The fraction of sp³-hybridized carbons (Fsp3) is 0.0909. The van der Waals surface area contributed by atoms with E-state index in [0.29, 0.717) is 11.1 Å². The third-order valence-electron chi connectivity index (χ3n) is 4.59. The maximum Gasteiger partial charge on any atom is 0.103 e. The summed E-state index contributed by atoms with van der Waals surface area (Å²) >= 11 is 0. The first-order valence-electron chi connectivity index (χ1n) is 8.09. The minimum Gasteiger partial charge on any atom is -0.308 e. The lowest BCUT2D eigenvalue weighted by Crippen LogP contribution is -1.99. The Morgan fingerprint density at radius 2 is 1.36 bits per heavy atom. The topological polar surface area (TPSA) is 52.5 Å². The number of hydrogen-bond acceptors (Lipinski definition) is 2. The van der Waals surface area contributed by atoms with E-state index in [4.69, 9.17) is 0 Å². The van der Waals surface area contributed by atoms with Crippen LogP contribution in [0.15, 0.2) is 54.6 Å². The molecule has 0 aliphatic rings. The van der Waals surface area contributed by atoms with Gasteiger partial charge >= 0.3 is 0 Å². The van der Waals surface area contributed by atoms with Crippen molar-refractivity contribution < 1.29 is 0 Å². The van der Waals surface area contributed by atoms with Crippen LogP contribution in [0, 0.1) is 36.5 Å². The van der Waals surface area contributed by atoms with Gasteiger partial charge in [-0.3, -0.25) is 0 Å². The monoisotopic (exact) mass is 321 g/mol. The first-order chi connectivity index (χ1) is 12.1. The Morgan fingerprint density at radius 3 is 1.88 bits per heavy atom. The number of nitrogens with zero attached hydrogens (tertiary/aromatic N) is 3. The molecule has 0 aliphatic heterocycles. The predicted octanol–water partition coefficient (Wildman–Crippen LogP) is 5.14. The summed E-state index contributed by atoms with van der Waals surface area (Å²) in [7, 11) is 0. The zero-order chi connectivity index (χ0) is 17.6. The second kappa shape index (κ2) is 5.51. The van der Waals surface area contributed by atoms with Gasteiger partial charge < -0.3 is 4.57 Å². The summed E-state index contributed by atoms with van der Waals surface area (Å²) in [5.74, 6) is 0. The van der Waals surface area contributed by atoms with E-state index in [1.807, 2.05) is 12.1 Å². The summed E-state index contributed by atoms with van der Waals surface area (Å²) in [6, 6.07) is 22.4. The minimum absolute atomic E-state index is 0.397. The van der Waals surface area contributed by atoms with Gasteiger partial charge in [-0.1, -0.05) is 29.3 Å². The van der Waals surface area contributed by atoms with Gasteiger partial charge in [0.1, 0.15) is 12.1 Å². The van der Waals surface area contributed by atoms with Gasteiger partial charge in [0.15, 0.2) is 0 Å². The van der Waals surface area contributed by atoms with Crippen LogP contribution >= 0.6 is 0 Å². The molecule has 0 radical (unpaired) electrons. The molecule has 0 saturated heterocycles. The third-order valence-corrected chi connectivity index (χ3v) is 4.59. The van der Waals surface area contributed by atoms with Gasteiger partial charge in [-0.25, -0.2) is 0 Å². The molecule has 4 aromatic rings. The summed E-state index contributed by atoms with van der Waals surface area (Å²) in [6.07, 6.45) is 0. The van der Waals surface area contributed by atoms with E-state index in [2.05, 4.69) is 67.0 Å². The van der Waals surface area contributed by atoms with Gasteiger partial charge in [-0.2, -0.15) is 10.5 Å². The number of fused-ring (bicyclic) bond motifs is 3.